The summed E-state index contributed by atoms with van der Waals surface area (Å²) in [5, 5.41) is 0. The number of ether oxygens (including phenoxy) is 1. The van der Waals surface area contributed by atoms with Gasteiger partial charge in [-0.05, 0) is 62.5 Å². The van der Waals surface area contributed by atoms with E-state index in [0.717, 1.165) is 12.2 Å². The maximum Gasteiger partial charge on any atom is 0.387 e. The molecular weight excluding hydrogens is 280 g/mol. The Kier molecular flexibility index (Phi) is 4.17. The molecule has 2 nitrogen and oxygen atoms in total. The van der Waals surface area contributed by atoms with Gasteiger partial charge in [-0.1, -0.05) is 0 Å². The number of halogens is 2. The molecule has 20 heavy (non-hydrogen) atoms. The summed E-state index contributed by atoms with van der Waals surface area (Å²) in [5.41, 5.74) is 1.19. The lowest BCUT2D eigenvalue weighted by molar-refractivity contribution is -0.0499. The van der Waals surface area contributed by atoms with Gasteiger partial charge in [0.1, 0.15) is 5.75 Å². The Morgan fingerprint density at radius 3 is 3.00 bits per heavy atom. The minimum atomic E-state index is -2.75. The van der Waals surface area contributed by atoms with Crippen LogP contribution in [-0.2, 0) is 0 Å². The third-order valence-corrected chi connectivity index (χ3v) is 5.57. The first-order valence-corrected chi connectivity index (χ1v) is 8.04. The van der Waals surface area contributed by atoms with Crippen LogP contribution in [0.15, 0.2) is 23.1 Å². The van der Waals surface area contributed by atoms with Crippen LogP contribution in [0.3, 0.4) is 0 Å². The molecular formula is C15H19F2NOS. The summed E-state index contributed by atoms with van der Waals surface area (Å²) in [6.07, 6.45) is 3.64. The summed E-state index contributed by atoms with van der Waals surface area (Å²) in [4.78, 5) is 3.64. The number of hydrogen-bond acceptors (Lipinski definition) is 3. The van der Waals surface area contributed by atoms with Gasteiger partial charge < -0.3 is 9.64 Å². The number of nitrogens with zero attached hydrogens (tertiary/aromatic N) is 1. The van der Waals surface area contributed by atoms with E-state index >= 15 is 0 Å². The van der Waals surface area contributed by atoms with E-state index in [-0.39, 0.29) is 5.75 Å². The number of benzene rings is 1. The molecule has 0 spiro atoms. The smallest absolute Gasteiger partial charge is 0.387 e. The van der Waals surface area contributed by atoms with Crippen molar-refractivity contribution in [1.29, 1.82) is 0 Å². The number of likely N-dealkylation sites (tertiary alicyclic amines) is 1. The summed E-state index contributed by atoms with van der Waals surface area (Å²) >= 11 is 1.83. The van der Waals surface area contributed by atoms with Crippen molar-refractivity contribution in [2.45, 2.75) is 42.7 Å². The highest BCUT2D eigenvalue weighted by Gasteiger charge is 2.30. The monoisotopic (exact) mass is 299 g/mol. The highest BCUT2D eigenvalue weighted by atomic mass is 32.2. The molecule has 1 unspecified atom stereocenters. The molecule has 2 aliphatic heterocycles. The number of rotatable bonds is 4. The molecule has 0 aromatic heterocycles. The number of alkyl halides is 2. The second-order valence-electron chi connectivity index (χ2n) is 5.60. The number of fused-ring (bicyclic) bond motifs is 1. The van der Waals surface area contributed by atoms with E-state index in [2.05, 4.69) is 16.7 Å². The van der Waals surface area contributed by atoms with Crippen LogP contribution in [0.25, 0.3) is 0 Å². The summed E-state index contributed by atoms with van der Waals surface area (Å²) < 4.78 is 29.2. The van der Waals surface area contributed by atoms with Gasteiger partial charge in [-0.25, -0.2) is 0 Å². The second-order valence-corrected chi connectivity index (χ2v) is 6.66. The molecule has 1 fully saturated rings. The van der Waals surface area contributed by atoms with E-state index < -0.39 is 6.61 Å². The normalized spacial score (nSPS) is 26.2. The molecule has 2 aliphatic rings. The largest absolute Gasteiger partial charge is 0.435 e. The van der Waals surface area contributed by atoms with Crippen molar-refractivity contribution < 1.29 is 13.5 Å². The molecule has 1 aromatic rings. The fourth-order valence-corrected chi connectivity index (χ4v) is 4.49. The lowest BCUT2D eigenvalue weighted by atomic mass is 9.93. The Balaban J connectivity index is 1.74. The first-order valence-electron chi connectivity index (χ1n) is 7.05. The molecule has 2 atom stereocenters. The van der Waals surface area contributed by atoms with Crippen molar-refractivity contribution in [3.05, 3.63) is 23.8 Å². The Hall–Kier alpha value is -0.810. The molecule has 0 N–H and O–H groups in total. The van der Waals surface area contributed by atoms with E-state index in [9.17, 15) is 8.78 Å². The molecule has 1 aromatic carbocycles. The summed E-state index contributed by atoms with van der Waals surface area (Å²) in [6.45, 7) is -1.58. The van der Waals surface area contributed by atoms with Gasteiger partial charge in [0, 0.05) is 16.7 Å². The number of hydrogen-bond donors (Lipinski definition) is 0. The highest BCUT2D eigenvalue weighted by Crippen LogP contribution is 2.44. The Labute approximate surface area is 122 Å². The molecule has 0 amide bonds. The van der Waals surface area contributed by atoms with E-state index in [4.69, 9.17) is 0 Å². The number of thioether (sulfide) groups is 1. The lowest BCUT2D eigenvalue weighted by Crippen LogP contribution is -2.26. The van der Waals surface area contributed by atoms with Gasteiger partial charge in [0.25, 0.3) is 0 Å². The molecule has 0 radical (unpaired) electrons. The Morgan fingerprint density at radius 1 is 1.45 bits per heavy atom. The zero-order valence-corrected chi connectivity index (χ0v) is 12.3. The first kappa shape index (κ1) is 14.1. The topological polar surface area (TPSA) is 12.5 Å². The standard InChI is InChI=1S/C15H19F2NOS/c1-18-6-2-3-11(18)7-10-9-20-14-5-4-12(8-13(10)14)19-15(16)17/h4-5,8,10-11,15H,2-3,6-7,9H2,1H3/t10?,11-/m1/s1. The van der Waals surface area contributed by atoms with Gasteiger partial charge in [0.2, 0.25) is 0 Å². The van der Waals surface area contributed by atoms with Gasteiger partial charge in [0.15, 0.2) is 0 Å². The van der Waals surface area contributed by atoms with Crippen LogP contribution in [0.5, 0.6) is 5.75 Å². The minimum absolute atomic E-state index is 0.283. The quantitative estimate of drug-likeness (QED) is 0.835. The van der Waals surface area contributed by atoms with Crippen molar-refractivity contribution >= 4 is 11.8 Å². The van der Waals surface area contributed by atoms with E-state index in [1.54, 1.807) is 12.1 Å². The van der Waals surface area contributed by atoms with E-state index in [1.165, 1.54) is 29.8 Å². The van der Waals surface area contributed by atoms with Crippen LogP contribution in [0.4, 0.5) is 8.78 Å². The molecule has 2 heterocycles. The van der Waals surface area contributed by atoms with Crippen LogP contribution in [0, 0.1) is 0 Å². The van der Waals surface area contributed by atoms with Crippen molar-refractivity contribution in [2.75, 3.05) is 19.3 Å². The molecule has 1 saturated heterocycles. The predicted octanol–water partition coefficient (Wildman–Crippen LogP) is 3.96. The van der Waals surface area contributed by atoms with Crippen molar-refractivity contribution in [1.82, 2.24) is 4.90 Å². The van der Waals surface area contributed by atoms with E-state index in [0.29, 0.717) is 12.0 Å². The van der Waals surface area contributed by atoms with Gasteiger partial charge >= 0.3 is 6.61 Å². The van der Waals surface area contributed by atoms with Crippen LogP contribution < -0.4 is 4.74 Å². The van der Waals surface area contributed by atoms with Gasteiger partial charge in [0.05, 0.1) is 0 Å². The Bertz CT molecular complexity index is 483. The average molecular weight is 299 g/mol. The maximum atomic E-state index is 12.3. The maximum absolute atomic E-state index is 12.3. The first-order chi connectivity index (χ1) is 9.63. The van der Waals surface area contributed by atoms with Crippen molar-refractivity contribution in [2.24, 2.45) is 0 Å². The van der Waals surface area contributed by atoms with Gasteiger partial charge in [-0.2, -0.15) is 8.78 Å². The van der Waals surface area contributed by atoms with Crippen LogP contribution in [-0.4, -0.2) is 36.9 Å². The van der Waals surface area contributed by atoms with Gasteiger partial charge in [-0.15, -0.1) is 11.8 Å². The predicted molar refractivity (Wildman–Crippen MR) is 76.8 cm³/mol. The summed E-state index contributed by atoms with van der Waals surface area (Å²) in [5.74, 6) is 1.80. The summed E-state index contributed by atoms with van der Waals surface area (Å²) in [6, 6.07) is 5.99. The zero-order valence-electron chi connectivity index (χ0n) is 11.5. The fraction of sp³-hybridized carbons (Fsp3) is 0.600. The van der Waals surface area contributed by atoms with Gasteiger partial charge in [-0.3, -0.25) is 0 Å². The molecule has 3 rings (SSSR count). The summed E-state index contributed by atoms with van der Waals surface area (Å²) in [7, 11) is 2.18. The van der Waals surface area contributed by atoms with Crippen LogP contribution in [0.1, 0.15) is 30.7 Å². The zero-order chi connectivity index (χ0) is 14.1. The van der Waals surface area contributed by atoms with Crippen molar-refractivity contribution in [3.63, 3.8) is 0 Å². The average Bonchev–Trinajstić information content (AvgIpc) is 2.97. The second kappa shape index (κ2) is 5.90. The molecule has 0 aliphatic carbocycles. The SMILES string of the molecule is CN1CCC[C@@H]1CC1CSc2ccc(OC(F)F)cc21. The molecule has 5 heteroatoms. The molecule has 0 saturated carbocycles. The Morgan fingerprint density at radius 2 is 2.30 bits per heavy atom. The van der Waals surface area contributed by atoms with Crippen LogP contribution in [0.2, 0.25) is 0 Å². The minimum Gasteiger partial charge on any atom is -0.435 e. The molecule has 0 bridgehead atoms. The third kappa shape index (κ3) is 2.93. The van der Waals surface area contributed by atoms with E-state index in [1.807, 2.05) is 17.8 Å². The molecule has 110 valence electrons. The third-order valence-electron chi connectivity index (χ3n) is 4.31. The highest BCUT2D eigenvalue weighted by molar-refractivity contribution is 7.99. The van der Waals surface area contributed by atoms with Crippen LogP contribution >= 0.6 is 11.8 Å². The lowest BCUT2D eigenvalue weighted by Gasteiger charge is -2.23. The fourth-order valence-electron chi connectivity index (χ4n) is 3.23. The van der Waals surface area contributed by atoms with Crippen molar-refractivity contribution in [3.8, 4) is 5.75 Å².